The number of nitrogens with one attached hydrogen (secondary N) is 1. The number of phenolic OH excluding ortho intramolecular Hbond substituents is 1. The number of aromatic carboxylic acids is 1. The van der Waals surface area contributed by atoms with Crippen molar-refractivity contribution in [2.75, 3.05) is 6.54 Å². The molecule has 0 aliphatic rings. The van der Waals surface area contributed by atoms with Gasteiger partial charge in [0.25, 0.3) is 5.91 Å². The summed E-state index contributed by atoms with van der Waals surface area (Å²) in [5.74, 6) is -1.11. The van der Waals surface area contributed by atoms with Crippen LogP contribution >= 0.6 is 11.3 Å². The van der Waals surface area contributed by atoms with Crippen LogP contribution in [0.2, 0.25) is 0 Å². The summed E-state index contributed by atoms with van der Waals surface area (Å²) in [5, 5.41) is 21.1. The Labute approximate surface area is 125 Å². The highest BCUT2D eigenvalue weighted by Gasteiger charge is 2.16. The number of amides is 1. The number of thiophene rings is 1. The number of aromatic hydroxyl groups is 1. The molecule has 1 aromatic heterocycles. The van der Waals surface area contributed by atoms with E-state index in [1.807, 2.05) is 6.07 Å². The second-order valence-corrected chi connectivity index (χ2v) is 5.66. The molecule has 0 saturated carbocycles. The Balaban J connectivity index is 1.93. The minimum atomic E-state index is -1.02. The summed E-state index contributed by atoms with van der Waals surface area (Å²) >= 11 is 0.973. The molecule has 0 fully saturated rings. The third kappa shape index (κ3) is 3.82. The molecule has 0 bridgehead atoms. The van der Waals surface area contributed by atoms with Crippen molar-refractivity contribution in [1.29, 1.82) is 0 Å². The molecule has 1 amide bonds. The summed E-state index contributed by atoms with van der Waals surface area (Å²) in [5.41, 5.74) is 1.51. The Kier molecular flexibility index (Phi) is 4.59. The summed E-state index contributed by atoms with van der Waals surface area (Å²) in [4.78, 5) is 23.5. The summed E-state index contributed by atoms with van der Waals surface area (Å²) in [6.45, 7) is 2.09. The molecule has 3 N–H and O–H groups in total. The van der Waals surface area contributed by atoms with Gasteiger partial charge in [-0.3, -0.25) is 4.79 Å². The van der Waals surface area contributed by atoms with Crippen molar-refractivity contribution in [2.45, 2.75) is 13.3 Å². The molecule has 21 heavy (non-hydrogen) atoms. The second-order valence-electron chi connectivity index (χ2n) is 4.60. The maximum absolute atomic E-state index is 11.9. The highest BCUT2D eigenvalue weighted by Crippen LogP contribution is 2.21. The van der Waals surface area contributed by atoms with Gasteiger partial charge in [0.05, 0.1) is 4.88 Å². The van der Waals surface area contributed by atoms with Gasteiger partial charge < -0.3 is 15.5 Å². The SMILES string of the molecule is Cc1cc(C(=O)NCCc2cccc(O)c2)sc1C(=O)O. The second kappa shape index (κ2) is 6.41. The predicted octanol–water partition coefficient (Wildman–Crippen LogP) is 2.43. The van der Waals surface area contributed by atoms with Crippen LogP contribution in [-0.2, 0) is 6.42 Å². The summed E-state index contributed by atoms with van der Waals surface area (Å²) in [6.07, 6.45) is 0.594. The van der Waals surface area contributed by atoms with Gasteiger partial charge in [0.15, 0.2) is 0 Å². The van der Waals surface area contributed by atoms with Crippen LogP contribution in [0, 0.1) is 6.92 Å². The molecule has 110 valence electrons. The first kappa shape index (κ1) is 15.1. The third-order valence-corrected chi connectivity index (χ3v) is 4.17. The fraction of sp³-hybridized carbons (Fsp3) is 0.200. The lowest BCUT2D eigenvalue weighted by atomic mass is 10.1. The molecular weight excluding hydrogens is 290 g/mol. The number of benzene rings is 1. The van der Waals surface area contributed by atoms with Crippen LogP contribution in [0.25, 0.3) is 0 Å². The van der Waals surface area contributed by atoms with E-state index in [0.29, 0.717) is 23.4 Å². The number of phenols is 1. The lowest BCUT2D eigenvalue weighted by Crippen LogP contribution is -2.24. The van der Waals surface area contributed by atoms with Crippen LogP contribution in [0.5, 0.6) is 5.75 Å². The topological polar surface area (TPSA) is 86.6 Å². The van der Waals surface area contributed by atoms with Crippen molar-refractivity contribution in [3.8, 4) is 5.75 Å². The van der Waals surface area contributed by atoms with Crippen molar-refractivity contribution >= 4 is 23.2 Å². The van der Waals surface area contributed by atoms with Crippen LogP contribution in [0.3, 0.4) is 0 Å². The van der Waals surface area contributed by atoms with Crippen molar-refractivity contribution in [3.05, 3.63) is 51.2 Å². The number of carboxylic acids is 1. The Bertz CT molecular complexity index is 678. The van der Waals surface area contributed by atoms with Gasteiger partial charge in [0, 0.05) is 6.54 Å². The number of hydrogen-bond acceptors (Lipinski definition) is 4. The number of carboxylic acid groups (broad SMARTS) is 1. The van der Waals surface area contributed by atoms with Gasteiger partial charge >= 0.3 is 5.97 Å². The Morgan fingerprint density at radius 3 is 2.67 bits per heavy atom. The lowest BCUT2D eigenvalue weighted by Gasteiger charge is -2.04. The number of carbonyl (C=O) groups excluding carboxylic acids is 1. The average molecular weight is 305 g/mol. The van der Waals surface area contributed by atoms with Crippen LogP contribution in [0.1, 0.15) is 30.5 Å². The first-order chi connectivity index (χ1) is 9.97. The molecule has 6 heteroatoms. The third-order valence-electron chi connectivity index (χ3n) is 2.95. The quantitative estimate of drug-likeness (QED) is 0.792. The molecule has 2 rings (SSSR count). The first-order valence-electron chi connectivity index (χ1n) is 6.37. The molecule has 5 nitrogen and oxygen atoms in total. The summed E-state index contributed by atoms with van der Waals surface area (Å²) < 4.78 is 0. The molecule has 0 saturated heterocycles. The lowest BCUT2D eigenvalue weighted by molar-refractivity contribution is 0.0701. The monoisotopic (exact) mass is 305 g/mol. The van der Waals surface area contributed by atoms with E-state index in [1.54, 1.807) is 31.2 Å². The fourth-order valence-electron chi connectivity index (χ4n) is 1.93. The van der Waals surface area contributed by atoms with Gasteiger partial charge in [-0.05, 0) is 42.7 Å². The van der Waals surface area contributed by atoms with E-state index >= 15 is 0 Å². The average Bonchev–Trinajstić information content (AvgIpc) is 2.81. The zero-order valence-electron chi connectivity index (χ0n) is 11.4. The number of aryl methyl sites for hydroxylation is 1. The van der Waals surface area contributed by atoms with Gasteiger partial charge in [-0.1, -0.05) is 12.1 Å². The molecule has 2 aromatic rings. The van der Waals surface area contributed by atoms with Gasteiger partial charge in [-0.2, -0.15) is 0 Å². The van der Waals surface area contributed by atoms with Gasteiger partial charge in [-0.15, -0.1) is 11.3 Å². The van der Waals surface area contributed by atoms with E-state index in [1.165, 1.54) is 0 Å². The summed E-state index contributed by atoms with van der Waals surface area (Å²) in [6, 6.07) is 8.42. The van der Waals surface area contributed by atoms with Gasteiger partial charge in [0.2, 0.25) is 0 Å². The van der Waals surface area contributed by atoms with E-state index in [0.717, 1.165) is 16.9 Å². The van der Waals surface area contributed by atoms with Crippen molar-refractivity contribution in [3.63, 3.8) is 0 Å². The smallest absolute Gasteiger partial charge is 0.346 e. The molecule has 0 spiro atoms. The van der Waals surface area contributed by atoms with Crippen molar-refractivity contribution < 1.29 is 19.8 Å². The zero-order valence-corrected chi connectivity index (χ0v) is 12.2. The standard InChI is InChI=1S/C15H15NO4S/c1-9-7-12(21-13(9)15(19)20)14(18)16-6-5-10-3-2-4-11(17)8-10/h2-4,7-8,17H,5-6H2,1H3,(H,16,18)(H,19,20). The highest BCUT2D eigenvalue weighted by atomic mass is 32.1. The number of carbonyl (C=O) groups is 2. The molecule has 0 atom stereocenters. The minimum absolute atomic E-state index is 0.188. The molecule has 1 heterocycles. The maximum atomic E-state index is 11.9. The predicted molar refractivity (Wildman–Crippen MR) is 80.2 cm³/mol. The highest BCUT2D eigenvalue weighted by molar-refractivity contribution is 7.16. The molecule has 0 aliphatic heterocycles. The molecular formula is C15H15NO4S. The van der Waals surface area contributed by atoms with Crippen LogP contribution in [-0.4, -0.2) is 28.6 Å². The van der Waals surface area contributed by atoms with E-state index in [2.05, 4.69) is 5.32 Å². The number of hydrogen-bond donors (Lipinski definition) is 3. The Hall–Kier alpha value is -2.34. The molecule has 0 unspecified atom stereocenters. The minimum Gasteiger partial charge on any atom is -0.508 e. The molecule has 1 aromatic carbocycles. The molecule has 0 radical (unpaired) electrons. The zero-order chi connectivity index (χ0) is 15.4. The normalized spacial score (nSPS) is 10.3. The maximum Gasteiger partial charge on any atom is 0.346 e. The number of rotatable bonds is 5. The van der Waals surface area contributed by atoms with E-state index < -0.39 is 5.97 Å². The fourth-order valence-corrected chi connectivity index (χ4v) is 2.85. The first-order valence-corrected chi connectivity index (χ1v) is 7.19. The molecule has 0 aliphatic carbocycles. The van der Waals surface area contributed by atoms with Gasteiger partial charge in [-0.25, -0.2) is 4.79 Å². The van der Waals surface area contributed by atoms with Crippen molar-refractivity contribution in [1.82, 2.24) is 5.32 Å². The van der Waals surface area contributed by atoms with Crippen molar-refractivity contribution in [2.24, 2.45) is 0 Å². The van der Waals surface area contributed by atoms with E-state index in [-0.39, 0.29) is 16.5 Å². The van der Waals surface area contributed by atoms with Gasteiger partial charge in [0.1, 0.15) is 10.6 Å². The summed E-state index contributed by atoms with van der Waals surface area (Å²) in [7, 11) is 0. The van der Waals surface area contributed by atoms with E-state index in [4.69, 9.17) is 5.11 Å². The largest absolute Gasteiger partial charge is 0.508 e. The van der Waals surface area contributed by atoms with Crippen LogP contribution < -0.4 is 5.32 Å². The van der Waals surface area contributed by atoms with E-state index in [9.17, 15) is 14.7 Å². The van der Waals surface area contributed by atoms with Crippen LogP contribution in [0.4, 0.5) is 0 Å². The Morgan fingerprint density at radius 1 is 1.29 bits per heavy atom. The Morgan fingerprint density at radius 2 is 2.05 bits per heavy atom. The van der Waals surface area contributed by atoms with Crippen LogP contribution in [0.15, 0.2) is 30.3 Å².